The van der Waals surface area contributed by atoms with E-state index in [1.165, 1.54) is 25.4 Å². The van der Waals surface area contributed by atoms with Gasteiger partial charge in [0.15, 0.2) is 11.6 Å². The number of aryl methyl sites for hydroxylation is 1. The molecule has 0 fully saturated rings. The van der Waals surface area contributed by atoms with Gasteiger partial charge in [-0.25, -0.2) is 13.8 Å². The van der Waals surface area contributed by atoms with Crippen molar-refractivity contribution in [3.05, 3.63) is 51.6 Å². The number of aromatic nitrogens is 2. The summed E-state index contributed by atoms with van der Waals surface area (Å²) in [5.74, 6) is -1.88. The Morgan fingerprint density at radius 2 is 2.00 bits per heavy atom. The summed E-state index contributed by atoms with van der Waals surface area (Å²) in [6.07, 6.45) is 1.58. The van der Waals surface area contributed by atoms with E-state index < -0.39 is 11.6 Å². The first-order valence-corrected chi connectivity index (χ1v) is 5.57. The summed E-state index contributed by atoms with van der Waals surface area (Å²) in [6, 6.07) is 2.91. The van der Waals surface area contributed by atoms with Crippen molar-refractivity contribution in [2.75, 3.05) is 0 Å². The molecule has 0 radical (unpaired) electrons. The molecule has 0 aliphatic heterocycles. The Morgan fingerprint density at radius 3 is 2.67 bits per heavy atom. The van der Waals surface area contributed by atoms with E-state index in [1.807, 2.05) is 0 Å². The first-order chi connectivity index (χ1) is 8.56. The van der Waals surface area contributed by atoms with Crippen LogP contribution in [-0.4, -0.2) is 9.97 Å². The van der Waals surface area contributed by atoms with Gasteiger partial charge in [-0.05, 0) is 25.0 Å². The topological polar surface area (TPSA) is 45.8 Å². The van der Waals surface area contributed by atoms with Gasteiger partial charge in [0.05, 0.1) is 12.0 Å². The molecule has 1 aromatic carbocycles. The Labute approximate surface area is 103 Å². The minimum atomic E-state index is -0.970. The lowest BCUT2D eigenvalue weighted by molar-refractivity contribution is 0.505. The highest BCUT2D eigenvalue weighted by molar-refractivity contribution is 5.63. The summed E-state index contributed by atoms with van der Waals surface area (Å²) in [4.78, 5) is 18.0. The van der Waals surface area contributed by atoms with Crippen molar-refractivity contribution >= 4 is 0 Å². The SMILES string of the molecule is CCc1c(-c2ccc(C)c(F)c2F)nc[nH]c1=O. The fraction of sp³-hybridized carbons (Fsp3) is 0.231. The summed E-state index contributed by atoms with van der Waals surface area (Å²) in [5.41, 5.74) is 0.445. The molecule has 1 heterocycles. The lowest BCUT2D eigenvalue weighted by Crippen LogP contribution is -2.14. The van der Waals surface area contributed by atoms with Crippen LogP contribution in [0.3, 0.4) is 0 Å². The summed E-state index contributed by atoms with van der Waals surface area (Å²) in [7, 11) is 0. The molecule has 3 nitrogen and oxygen atoms in total. The molecule has 0 aliphatic carbocycles. The molecule has 0 bridgehead atoms. The van der Waals surface area contributed by atoms with Crippen molar-refractivity contribution in [3.8, 4) is 11.3 Å². The number of H-pyrrole nitrogens is 1. The van der Waals surface area contributed by atoms with Crippen LogP contribution in [0.2, 0.25) is 0 Å². The number of benzene rings is 1. The second-order valence-corrected chi connectivity index (χ2v) is 3.97. The molecule has 0 atom stereocenters. The maximum absolute atomic E-state index is 13.9. The predicted octanol–water partition coefficient (Wildman–Crippen LogP) is 2.59. The highest BCUT2D eigenvalue weighted by atomic mass is 19.2. The van der Waals surface area contributed by atoms with Gasteiger partial charge in [0, 0.05) is 11.1 Å². The van der Waals surface area contributed by atoms with Gasteiger partial charge in [-0.1, -0.05) is 13.0 Å². The van der Waals surface area contributed by atoms with Gasteiger partial charge in [0.2, 0.25) is 0 Å². The van der Waals surface area contributed by atoms with Crippen LogP contribution in [0.25, 0.3) is 11.3 Å². The standard InChI is InChI=1S/C13H12F2N2O/c1-3-8-12(16-6-17-13(8)18)9-5-4-7(2)10(14)11(9)15/h4-6H,3H2,1-2H3,(H,16,17,18). The molecule has 1 N–H and O–H groups in total. The van der Waals surface area contributed by atoms with E-state index in [0.717, 1.165) is 0 Å². The van der Waals surface area contributed by atoms with Crippen LogP contribution in [0.5, 0.6) is 0 Å². The lowest BCUT2D eigenvalue weighted by atomic mass is 10.0. The van der Waals surface area contributed by atoms with E-state index in [0.29, 0.717) is 12.0 Å². The second kappa shape index (κ2) is 4.68. The molecule has 2 aromatic rings. The zero-order chi connectivity index (χ0) is 13.3. The maximum Gasteiger partial charge on any atom is 0.254 e. The van der Waals surface area contributed by atoms with Crippen molar-refractivity contribution in [2.45, 2.75) is 20.3 Å². The molecule has 0 unspecified atom stereocenters. The summed E-state index contributed by atoms with van der Waals surface area (Å²) in [6.45, 7) is 3.24. The van der Waals surface area contributed by atoms with Crippen molar-refractivity contribution < 1.29 is 8.78 Å². The number of halogens is 2. The Balaban J connectivity index is 2.74. The molecule has 5 heteroatoms. The van der Waals surface area contributed by atoms with Gasteiger partial charge in [0.25, 0.3) is 5.56 Å². The second-order valence-electron chi connectivity index (χ2n) is 3.97. The Hall–Kier alpha value is -2.04. The molecule has 1 aromatic heterocycles. The predicted molar refractivity (Wildman–Crippen MR) is 64.3 cm³/mol. The summed E-state index contributed by atoms with van der Waals surface area (Å²) < 4.78 is 27.4. The molecule has 0 saturated heterocycles. The van der Waals surface area contributed by atoms with E-state index in [-0.39, 0.29) is 22.4 Å². The lowest BCUT2D eigenvalue weighted by Gasteiger charge is -2.08. The van der Waals surface area contributed by atoms with Crippen LogP contribution in [-0.2, 0) is 6.42 Å². The Morgan fingerprint density at radius 1 is 1.28 bits per heavy atom. The van der Waals surface area contributed by atoms with E-state index >= 15 is 0 Å². The van der Waals surface area contributed by atoms with Crippen molar-refractivity contribution in [3.63, 3.8) is 0 Å². The van der Waals surface area contributed by atoms with Gasteiger partial charge in [-0.3, -0.25) is 4.79 Å². The molecule has 0 aliphatic rings. The van der Waals surface area contributed by atoms with Crippen molar-refractivity contribution in [1.29, 1.82) is 0 Å². The van der Waals surface area contributed by atoms with Gasteiger partial charge >= 0.3 is 0 Å². The van der Waals surface area contributed by atoms with Crippen LogP contribution in [0, 0.1) is 18.6 Å². The average molecular weight is 250 g/mol. The monoisotopic (exact) mass is 250 g/mol. The molecule has 0 spiro atoms. The van der Waals surface area contributed by atoms with Crippen LogP contribution >= 0.6 is 0 Å². The number of nitrogens with one attached hydrogen (secondary N) is 1. The van der Waals surface area contributed by atoms with E-state index in [2.05, 4.69) is 9.97 Å². The third-order valence-corrected chi connectivity index (χ3v) is 2.83. The van der Waals surface area contributed by atoms with Crippen LogP contribution < -0.4 is 5.56 Å². The maximum atomic E-state index is 13.9. The van der Waals surface area contributed by atoms with E-state index in [1.54, 1.807) is 6.92 Å². The van der Waals surface area contributed by atoms with Crippen molar-refractivity contribution in [2.24, 2.45) is 0 Å². The fourth-order valence-corrected chi connectivity index (χ4v) is 1.82. The minimum Gasteiger partial charge on any atom is -0.313 e. The van der Waals surface area contributed by atoms with E-state index in [4.69, 9.17) is 0 Å². The number of nitrogens with zero attached hydrogens (tertiary/aromatic N) is 1. The molecule has 18 heavy (non-hydrogen) atoms. The number of hydrogen-bond donors (Lipinski definition) is 1. The van der Waals surface area contributed by atoms with Crippen LogP contribution in [0.15, 0.2) is 23.3 Å². The molecule has 0 amide bonds. The fourth-order valence-electron chi connectivity index (χ4n) is 1.82. The zero-order valence-corrected chi connectivity index (χ0v) is 10.1. The normalized spacial score (nSPS) is 10.7. The number of hydrogen-bond acceptors (Lipinski definition) is 2. The van der Waals surface area contributed by atoms with Crippen molar-refractivity contribution in [1.82, 2.24) is 9.97 Å². The number of aromatic amines is 1. The largest absolute Gasteiger partial charge is 0.313 e. The van der Waals surface area contributed by atoms with Crippen LogP contribution in [0.1, 0.15) is 18.1 Å². The van der Waals surface area contributed by atoms with Gasteiger partial charge in [-0.2, -0.15) is 0 Å². The molecule has 94 valence electrons. The van der Waals surface area contributed by atoms with Crippen LogP contribution in [0.4, 0.5) is 8.78 Å². The Kier molecular flexibility index (Phi) is 3.23. The molecule has 2 rings (SSSR count). The first-order valence-electron chi connectivity index (χ1n) is 5.57. The minimum absolute atomic E-state index is 0.0149. The quantitative estimate of drug-likeness (QED) is 0.890. The third-order valence-electron chi connectivity index (χ3n) is 2.83. The van der Waals surface area contributed by atoms with E-state index in [9.17, 15) is 13.6 Å². The molecule has 0 saturated carbocycles. The first kappa shape index (κ1) is 12.4. The number of rotatable bonds is 2. The summed E-state index contributed by atoms with van der Waals surface area (Å²) in [5, 5.41) is 0. The molecular weight excluding hydrogens is 238 g/mol. The van der Waals surface area contributed by atoms with Gasteiger partial charge < -0.3 is 4.98 Å². The average Bonchev–Trinajstić information content (AvgIpc) is 2.36. The highest BCUT2D eigenvalue weighted by Gasteiger charge is 2.17. The smallest absolute Gasteiger partial charge is 0.254 e. The van der Waals surface area contributed by atoms with Gasteiger partial charge in [0.1, 0.15) is 0 Å². The third kappa shape index (κ3) is 1.92. The Bertz CT molecular complexity index is 650. The zero-order valence-electron chi connectivity index (χ0n) is 10.1. The summed E-state index contributed by atoms with van der Waals surface area (Å²) >= 11 is 0. The highest BCUT2D eigenvalue weighted by Crippen LogP contribution is 2.25. The molecular formula is C13H12F2N2O. The van der Waals surface area contributed by atoms with Gasteiger partial charge in [-0.15, -0.1) is 0 Å².